The van der Waals surface area contributed by atoms with Crippen LogP contribution >= 0.6 is 24.8 Å². The minimum atomic E-state index is -0.0152. The molecule has 4 rings (SSSR count). The Labute approximate surface area is 162 Å². The fourth-order valence-corrected chi connectivity index (χ4v) is 4.51. The van der Waals surface area contributed by atoms with Crippen molar-refractivity contribution < 1.29 is 4.79 Å². The lowest BCUT2D eigenvalue weighted by Crippen LogP contribution is -2.39. The Balaban J connectivity index is 0.00000113. The molecule has 2 aliphatic heterocycles. The van der Waals surface area contributed by atoms with E-state index in [-0.39, 0.29) is 36.8 Å². The maximum atomic E-state index is 12.6. The van der Waals surface area contributed by atoms with Gasteiger partial charge in [0, 0.05) is 30.5 Å². The zero-order valence-electron chi connectivity index (χ0n) is 14.6. The van der Waals surface area contributed by atoms with Crippen LogP contribution in [0.2, 0.25) is 0 Å². The third-order valence-corrected chi connectivity index (χ3v) is 5.76. The highest BCUT2D eigenvalue weighted by atomic mass is 35.5. The van der Waals surface area contributed by atoms with Crippen LogP contribution in [0, 0.1) is 5.92 Å². The molecule has 25 heavy (non-hydrogen) atoms. The van der Waals surface area contributed by atoms with E-state index in [2.05, 4.69) is 27.7 Å². The van der Waals surface area contributed by atoms with E-state index in [1.165, 1.54) is 44.2 Å². The standard InChI is InChI=1S/C19H27N3O.2ClH/c23-19(18-12-14-6-1-2-9-17(14)21-18)20-15-7-5-8-16(13-15)22-10-3-4-11-22;;/h5,7-8,13-14,17-18,21H,1-4,6,9-12H2,(H,20,23);2*1H. The monoisotopic (exact) mass is 385 g/mol. The van der Waals surface area contributed by atoms with Gasteiger partial charge < -0.3 is 15.5 Å². The molecule has 0 bridgehead atoms. The Hall–Kier alpha value is -0.970. The minimum Gasteiger partial charge on any atom is -0.371 e. The van der Waals surface area contributed by atoms with Crippen LogP contribution in [0.15, 0.2) is 24.3 Å². The van der Waals surface area contributed by atoms with E-state index in [1.54, 1.807) is 0 Å². The third kappa shape index (κ3) is 4.60. The molecule has 3 aliphatic rings. The van der Waals surface area contributed by atoms with Crippen LogP contribution in [0.3, 0.4) is 0 Å². The van der Waals surface area contributed by atoms with Gasteiger partial charge in [0.25, 0.3) is 0 Å². The van der Waals surface area contributed by atoms with Crippen LogP contribution < -0.4 is 15.5 Å². The number of benzene rings is 1. The highest BCUT2D eigenvalue weighted by Gasteiger charge is 2.38. The zero-order valence-corrected chi connectivity index (χ0v) is 16.2. The van der Waals surface area contributed by atoms with E-state index in [4.69, 9.17) is 0 Å². The average molecular weight is 386 g/mol. The molecule has 3 fully saturated rings. The lowest BCUT2D eigenvalue weighted by atomic mass is 9.85. The number of nitrogens with zero attached hydrogens (tertiary/aromatic N) is 1. The largest absolute Gasteiger partial charge is 0.371 e. The molecule has 140 valence electrons. The van der Waals surface area contributed by atoms with Crippen molar-refractivity contribution >= 4 is 42.1 Å². The molecule has 6 heteroatoms. The number of fused-ring (bicyclic) bond motifs is 1. The summed E-state index contributed by atoms with van der Waals surface area (Å²) in [6.07, 6.45) is 8.69. The van der Waals surface area contributed by atoms with Gasteiger partial charge in [-0.05, 0) is 56.2 Å². The normalized spacial score (nSPS) is 27.8. The Morgan fingerprint density at radius 2 is 1.84 bits per heavy atom. The van der Waals surface area contributed by atoms with E-state index >= 15 is 0 Å². The molecule has 0 spiro atoms. The first kappa shape index (κ1) is 20.3. The first-order valence-electron chi connectivity index (χ1n) is 9.21. The third-order valence-electron chi connectivity index (χ3n) is 5.76. The molecule has 3 unspecified atom stereocenters. The van der Waals surface area contributed by atoms with E-state index in [0.29, 0.717) is 12.0 Å². The number of carbonyl (C=O) groups excluding carboxylic acids is 1. The molecule has 3 atom stereocenters. The minimum absolute atomic E-state index is 0. The summed E-state index contributed by atoms with van der Waals surface area (Å²) in [5, 5.41) is 6.69. The Morgan fingerprint density at radius 3 is 2.60 bits per heavy atom. The van der Waals surface area contributed by atoms with Crippen molar-refractivity contribution in [1.29, 1.82) is 0 Å². The summed E-state index contributed by atoms with van der Waals surface area (Å²) in [4.78, 5) is 15.0. The van der Waals surface area contributed by atoms with Crippen LogP contribution in [-0.2, 0) is 4.79 Å². The van der Waals surface area contributed by atoms with Crippen molar-refractivity contribution in [3.05, 3.63) is 24.3 Å². The smallest absolute Gasteiger partial charge is 0.241 e. The average Bonchev–Trinajstić information content (AvgIpc) is 3.24. The SMILES string of the molecule is Cl.Cl.O=C(Nc1cccc(N2CCCC2)c1)C1CC2CCCCC2N1. The molecule has 2 saturated heterocycles. The van der Waals surface area contributed by atoms with Crippen molar-refractivity contribution in [2.24, 2.45) is 5.92 Å². The van der Waals surface area contributed by atoms with E-state index in [1.807, 2.05) is 12.1 Å². The maximum Gasteiger partial charge on any atom is 0.241 e. The molecule has 0 radical (unpaired) electrons. The first-order valence-corrected chi connectivity index (χ1v) is 9.21. The second-order valence-electron chi connectivity index (χ2n) is 7.34. The molecule has 1 aliphatic carbocycles. The fraction of sp³-hybridized carbons (Fsp3) is 0.632. The van der Waals surface area contributed by atoms with E-state index in [0.717, 1.165) is 25.2 Å². The predicted octanol–water partition coefficient (Wildman–Crippen LogP) is 3.99. The molecule has 2 N–H and O–H groups in total. The summed E-state index contributed by atoms with van der Waals surface area (Å²) >= 11 is 0. The van der Waals surface area contributed by atoms with Crippen molar-refractivity contribution in [3.8, 4) is 0 Å². The van der Waals surface area contributed by atoms with Gasteiger partial charge in [0.15, 0.2) is 0 Å². The molecule has 4 nitrogen and oxygen atoms in total. The van der Waals surface area contributed by atoms with Crippen LogP contribution in [-0.4, -0.2) is 31.1 Å². The first-order chi connectivity index (χ1) is 11.3. The van der Waals surface area contributed by atoms with Gasteiger partial charge in [-0.3, -0.25) is 4.79 Å². The van der Waals surface area contributed by atoms with Crippen molar-refractivity contribution in [2.45, 2.75) is 57.0 Å². The van der Waals surface area contributed by atoms with Crippen LogP contribution in [0.1, 0.15) is 44.9 Å². The highest BCUT2D eigenvalue weighted by Crippen LogP contribution is 2.33. The van der Waals surface area contributed by atoms with Gasteiger partial charge in [-0.15, -0.1) is 24.8 Å². The lowest BCUT2D eigenvalue weighted by Gasteiger charge is -2.24. The molecule has 2 heterocycles. The van der Waals surface area contributed by atoms with Gasteiger partial charge >= 0.3 is 0 Å². The van der Waals surface area contributed by atoms with Crippen molar-refractivity contribution in [2.75, 3.05) is 23.3 Å². The number of carbonyl (C=O) groups is 1. The van der Waals surface area contributed by atoms with Gasteiger partial charge in [-0.1, -0.05) is 18.9 Å². The summed E-state index contributed by atoms with van der Waals surface area (Å²) < 4.78 is 0. The Bertz CT molecular complexity index is 564. The molecule has 1 aromatic carbocycles. The van der Waals surface area contributed by atoms with E-state index < -0.39 is 0 Å². The number of hydrogen-bond acceptors (Lipinski definition) is 3. The Kier molecular flexibility index (Phi) is 7.41. The maximum absolute atomic E-state index is 12.6. The van der Waals surface area contributed by atoms with Gasteiger partial charge in [0.1, 0.15) is 0 Å². The quantitative estimate of drug-likeness (QED) is 0.826. The number of rotatable bonds is 3. The summed E-state index contributed by atoms with van der Waals surface area (Å²) in [5.41, 5.74) is 2.16. The number of halogens is 2. The van der Waals surface area contributed by atoms with Crippen LogP contribution in [0.5, 0.6) is 0 Å². The zero-order chi connectivity index (χ0) is 15.6. The summed E-state index contributed by atoms with van der Waals surface area (Å²) in [7, 11) is 0. The van der Waals surface area contributed by atoms with Gasteiger partial charge in [0.2, 0.25) is 5.91 Å². The highest BCUT2D eigenvalue weighted by molar-refractivity contribution is 5.95. The fourth-order valence-electron chi connectivity index (χ4n) is 4.51. The second-order valence-corrected chi connectivity index (χ2v) is 7.34. The summed E-state index contributed by atoms with van der Waals surface area (Å²) in [6, 6.07) is 8.85. The Morgan fingerprint density at radius 1 is 1.08 bits per heavy atom. The molecule has 0 aromatic heterocycles. The summed E-state index contributed by atoms with van der Waals surface area (Å²) in [5.74, 6) is 0.841. The van der Waals surface area contributed by atoms with Crippen molar-refractivity contribution in [3.63, 3.8) is 0 Å². The number of hydrogen-bond donors (Lipinski definition) is 2. The number of anilines is 2. The molecular formula is C19H29Cl2N3O. The molecule has 1 saturated carbocycles. The van der Waals surface area contributed by atoms with Gasteiger partial charge in [-0.2, -0.15) is 0 Å². The van der Waals surface area contributed by atoms with Crippen LogP contribution in [0.4, 0.5) is 11.4 Å². The number of nitrogens with one attached hydrogen (secondary N) is 2. The van der Waals surface area contributed by atoms with Crippen molar-refractivity contribution in [1.82, 2.24) is 5.32 Å². The molecule has 1 amide bonds. The van der Waals surface area contributed by atoms with Gasteiger partial charge in [0.05, 0.1) is 6.04 Å². The van der Waals surface area contributed by atoms with Crippen LogP contribution in [0.25, 0.3) is 0 Å². The molecule has 1 aromatic rings. The second kappa shape index (κ2) is 9.11. The topological polar surface area (TPSA) is 44.4 Å². The predicted molar refractivity (Wildman–Crippen MR) is 108 cm³/mol. The lowest BCUT2D eigenvalue weighted by molar-refractivity contribution is -0.117. The van der Waals surface area contributed by atoms with E-state index in [9.17, 15) is 4.79 Å². The number of amides is 1. The van der Waals surface area contributed by atoms with Gasteiger partial charge in [-0.25, -0.2) is 0 Å². The molecular weight excluding hydrogens is 357 g/mol. The summed E-state index contributed by atoms with van der Waals surface area (Å²) in [6.45, 7) is 2.26.